The molecule has 0 fully saturated rings. The second-order valence-electron chi connectivity index (χ2n) is 4.60. The maximum Gasteiger partial charge on any atom is 0.316 e. The zero-order valence-corrected chi connectivity index (χ0v) is 12.1. The van der Waals surface area contributed by atoms with Gasteiger partial charge in [0, 0.05) is 0 Å². The van der Waals surface area contributed by atoms with Gasteiger partial charge in [-0.1, -0.05) is 0 Å². The van der Waals surface area contributed by atoms with Crippen LogP contribution < -0.4 is 0 Å². The Kier molecular flexibility index (Phi) is 7.66. The van der Waals surface area contributed by atoms with Crippen molar-refractivity contribution in [1.82, 2.24) is 0 Å². The van der Waals surface area contributed by atoms with Crippen LogP contribution in [0.2, 0.25) is 0 Å². The van der Waals surface area contributed by atoms with E-state index in [1.54, 1.807) is 27.7 Å². The van der Waals surface area contributed by atoms with Gasteiger partial charge in [0.2, 0.25) is 0 Å². The average Bonchev–Trinajstić information content (AvgIpc) is 2.14. The molecule has 5 nitrogen and oxygen atoms in total. The van der Waals surface area contributed by atoms with Crippen molar-refractivity contribution in [2.45, 2.75) is 39.7 Å². The maximum absolute atomic E-state index is 11.3. The fourth-order valence-electron chi connectivity index (χ4n) is 1.04. The molecule has 6 heteroatoms. The second kappa shape index (κ2) is 8.13. The SMILES string of the molecule is CCOC(=O)CC(=O)CSCC(=O)OC(C)(C)C. The largest absolute Gasteiger partial charge is 0.466 e. The smallest absolute Gasteiger partial charge is 0.316 e. The Morgan fingerprint density at radius 3 is 2.17 bits per heavy atom. The quantitative estimate of drug-likeness (QED) is 0.519. The molecule has 0 aliphatic rings. The van der Waals surface area contributed by atoms with Gasteiger partial charge < -0.3 is 9.47 Å². The lowest BCUT2D eigenvalue weighted by molar-refractivity contribution is -0.151. The Morgan fingerprint density at radius 1 is 1.06 bits per heavy atom. The van der Waals surface area contributed by atoms with Crippen LogP contribution in [-0.4, -0.2) is 41.4 Å². The number of carbonyl (C=O) groups is 3. The van der Waals surface area contributed by atoms with E-state index in [1.807, 2.05) is 0 Å². The van der Waals surface area contributed by atoms with Crippen LogP contribution >= 0.6 is 11.8 Å². The molecule has 0 aliphatic carbocycles. The zero-order chi connectivity index (χ0) is 14.2. The third-order valence-corrected chi connectivity index (χ3v) is 2.52. The number of esters is 2. The first-order valence-electron chi connectivity index (χ1n) is 5.71. The van der Waals surface area contributed by atoms with Gasteiger partial charge in [0.1, 0.15) is 12.0 Å². The molecule has 0 saturated carbocycles. The molecule has 18 heavy (non-hydrogen) atoms. The molecule has 0 aromatic heterocycles. The van der Waals surface area contributed by atoms with Crippen molar-refractivity contribution < 1.29 is 23.9 Å². The van der Waals surface area contributed by atoms with Gasteiger partial charge in [0.25, 0.3) is 0 Å². The summed E-state index contributed by atoms with van der Waals surface area (Å²) in [6, 6.07) is 0. The first-order chi connectivity index (χ1) is 8.24. The van der Waals surface area contributed by atoms with Crippen molar-refractivity contribution in [3.63, 3.8) is 0 Å². The summed E-state index contributed by atoms with van der Waals surface area (Å²) in [6.07, 6.45) is -0.241. The van der Waals surface area contributed by atoms with Crippen LogP contribution in [-0.2, 0) is 23.9 Å². The Balaban J connectivity index is 3.75. The summed E-state index contributed by atoms with van der Waals surface area (Å²) in [7, 11) is 0. The number of hydrogen-bond donors (Lipinski definition) is 0. The molecule has 0 aliphatic heterocycles. The molecule has 0 radical (unpaired) electrons. The van der Waals surface area contributed by atoms with Gasteiger partial charge in [0.05, 0.1) is 18.1 Å². The molecule has 0 saturated heterocycles. The van der Waals surface area contributed by atoms with Gasteiger partial charge in [-0.2, -0.15) is 0 Å². The van der Waals surface area contributed by atoms with Gasteiger partial charge in [0.15, 0.2) is 5.78 Å². The third-order valence-electron chi connectivity index (χ3n) is 1.55. The van der Waals surface area contributed by atoms with Crippen molar-refractivity contribution in [2.24, 2.45) is 0 Å². The van der Waals surface area contributed by atoms with E-state index in [2.05, 4.69) is 4.74 Å². The minimum atomic E-state index is -0.527. The molecule has 104 valence electrons. The summed E-state index contributed by atoms with van der Waals surface area (Å²) in [4.78, 5) is 33.6. The molecule has 0 spiro atoms. The number of ether oxygens (including phenoxy) is 2. The summed E-state index contributed by atoms with van der Waals surface area (Å²) in [5.41, 5.74) is -0.521. The highest BCUT2D eigenvalue weighted by molar-refractivity contribution is 8.00. The summed E-state index contributed by atoms with van der Waals surface area (Å²) in [5.74, 6) is -0.928. The van der Waals surface area contributed by atoms with Crippen molar-refractivity contribution >= 4 is 29.5 Å². The number of Topliss-reactive ketones (excluding diaryl/α,β-unsaturated/α-hetero) is 1. The lowest BCUT2D eigenvalue weighted by Gasteiger charge is -2.19. The van der Waals surface area contributed by atoms with E-state index >= 15 is 0 Å². The highest BCUT2D eigenvalue weighted by Crippen LogP contribution is 2.10. The molecule has 0 heterocycles. The van der Waals surface area contributed by atoms with E-state index in [0.29, 0.717) is 0 Å². The van der Waals surface area contributed by atoms with Crippen LogP contribution in [0.15, 0.2) is 0 Å². The molecular formula is C12H20O5S. The second-order valence-corrected chi connectivity index (χ2v) is 5.59. The van der Waals surface area contributed by atoms with E-state index in [0.717, 1.165) is 11.8 Å². The predicted molar refractivity (Wildman–Crippen MR) is 69.4 cm³/mol. The van der Waals surface area contributed by atoms with Crippen LogP contribution in [0.3, 0.4) is 0 Å². The standard InChI is InChI=1S/C12H20O5S/c1-5-16-10(14)6-9(13)7-18-8-11(15)17-12(2,3)4/h5-8H2,1-4H3. The predicted octanol–water partition coefficient (Wildman–Crippen LogP) is 1.58. The third kappa shape index (κ3) is 10.1. The van der Waals surface area contributed by atoms with Crippen LogP contribution in [0.25, 0.3) is 0 Å². The van der Waals surface area contributed by atoms with Crippen molar-refractivity contribution in [3.8, 4) is 0 Å². The highest BCUT2D eigenvalue weighted by Gasteiger charge is 2.17. The van der Waals surface area contributed by atoms with Crippen LogP contribution in [0, 0.1) is 0 Å². The Labute approximate surface area is 112 Å². The fraction of sp³-hybridized carbons (Fsp3) is 0.750. The highest BCUT2D eigenvalue weighted by atomic mass is 32.2. The van der Waals surface area contributed by atoms with Crippen LogP contribution in [0.4, 0.5) is 0 Å². The van der Waals surface area contributed by atoms with Crippen molar-refractivity contribution in [1.29, 1.82) is 0 Å². The van der Waals surface area contributed by atoms with Crippen LogP contribution in [0.5, 0.6) is 0 Å². The van der Waals surface area contributed by atoms with Gasteiger partial charge in [-0.3, -0.25) is 14.4 Å². The van der Waals surface area contributed by atoms with E-state index in [4.69, 9.17) is 4.74 Å². The number of thioether (sulfide) groups is 1. The van der Waals surface area contributed by atoms with E-state index < -0.39 is 11.6 Å². The molecule has 0 bridgehead atoms. The van der Waals surface area contributed by atoms with Gasteiger partial charge >= 0.3 is 11.9 Å². The molecule has 0 N–H and O–H groups in total. The normalized spacial score (nSPS) is 10.9. The van der Waals surface area contributed by atoms with Gasteiger partial charge in [-0.25, -0.2) is 0 Å². The Hall–Kier alpha value is -1.04. The zero-order valence-electron chi connectivity index (χ0n) is 11.3. The number of rotatable bonds is 7. The van der Waals surface area contributed by atoms with E-state index in [9.17, 15) is 14.4 Å². The average molecular weight is 276 g/mol. The summed E-state index contributed by atoms with van der Waals surface area (Å²) in [5, 5.41) is 0. The van der Waals surface area contributed by atoms with Crippen molar-refractivity contribution in [3.05, 3.63) is 0 Å². The lowest BCUT2D eigenvalue weighted by Crippen LogP contribution is -2.25. The molecule has 0 aromatic carbocycles. The summed E-state index contributed by atoms with van der Waals surface area (Å²) < 4.78 is 9.72. The molecule has 0 unspecified atom stereocenters. The first kappa shape index (κ1) is 17.0. The minimum Gasteiger partial charge on any atom is -0.466 e. The monoisotopic (exact) mass is 276 g/mol. The van der Waals surface area contributed by atoms with Gasteiger partial charge in [-0.05, 0) is 27.7 Å². The Bertz CT molecular complexity index is 306. The van der Waals surface area contributed by atoms with E-state index in [1.165, 1.54) is 0 Å². The molecular weight excluding hydrogens is 256 g/mol. The molecule has 0 atom stereocenters. The molecule has 0 amide bonds. The fourth-order valence-corrected chi connectivity index (χ4v) is 1.70. The summed E-state index contributed by atoms with van der Waals surface area (Å²) >= 11 is 1.14. The first-order valence-corrected chi connectivity index (χ1v) is 6.87. The minimum absolute atomic E-state index is 0.103. The molecule has 0 aromatic rings. The number of hydrogen-bond acceptors (Lipinski definition) is 6. The van der Waals surface area contributed by atoms with Gasteiger partial charge in [-0.15, -0.1) is 11.8 Å². The van der Waals surface area contributed by atoms with Crippen molar-refractivity contribution in [2.75, 3.05) is 18.1 Å². The number of ketones is 1. The maximum atomic E-state index is 11.3. The number of carbonyl (C=O) groups excluding carboxylic acids is 3. The summed E-state index contributed by atoms with van der Waals surface area (Å²) in [6.45, 7) is 7.28. The van der Waals surface area contributed by atoms with Crippen LogP contribution in [0.1, 0.15) is 34.1 Å². The van der Waals surface area contributed by atoms with E-state index in [-0.39, 0.29) is 36.3 Å². The molecule has 0 rings (SSSR count). The topological polar surface area (TPSA) is 69.7 Å². The lowest BCUT2D eigenvalue weighted by atomic mass is 10.2. The Morgan fingerprint density at radius 2 is 1.67 bits per heavy atom.